The number of carboxylic acids is 1. The van der Waals surface area contributed by atoms with E-state index in [9.17, 15) is 15.0 Å². The zero-order valence-electron chi connectivity index (χ0n) is 16.9. The molecule has 150 valence electrons. The number of rotatable bonds is 4. The number of aromatic hydroxyl groups is 1. The molecule has 4 aliphatic rings. The molecule has 0 radical (unpaired) electrons. The smallest absolute Gasteiger partial charge is 0.336 e. The molecule has 0 unspecified atom stereocenters. The van der Waals surface area contributed by atoms with E-state index in [1.165, 1.54) is 38.5 Å². The fraction of sp³-hybridized carbons (Fsp3) is 0.423. The molecule has 2 N–H and O–H groups in total. The zero-order valence-corrected chi connectivity index (χ0v) is 16.9. The van der Waals surface area contributed by atoms with Crippen LogP contribution in [0.4, 0.5) is 0 Å². The van der Waals surface area contributed by atoms with Crippen molar-refractivity contribution < 1.29 is 15.0 Å². The molecular weight excluding hydrogens is 360 g/mol. The number of phenolic OH excluding ortho intramolecular Hbond substituents is 1. The first-order valence-corrected chi connectivity index (χ1v) is 10.8. The van der Waals surface area contributed by atoms with Crippen LogP contribution in [-0.4, -0.2) is 16.2 Å². The van der Waals surface area contributed by atoms with Crippen LogP contribution in [0.15, 0.2) is 42.5 Å². The highest BCUT2D eigenvalue weighted by atomic mass is 16.4. The Kier molecular flexibility index (Phi) is 4.31. The Morgan fingerprint density at radius 1 is 1.03 bits per heavy atom. The van der Waals surface area contributed by atoms with Crippen molar-refractivity contribution in [2.45, 2.75) is 50.9 Å². The van der Waals surface area contributed by atoms with E-state index in [-0.39, 0.29) is 5.41 Å². The lowest BCUT2D eigenvalue weighted by Crippen LogP contribution is -2.48. The van der Waals surface area contributed by atoms with E-state index < -0.39 is 5.97 Å². The highest BCUT2D eigenvalue weighted by Gasteiger charge is 2.52. The third-order valence-corrected chi connectivity index (χ3v) is 7.59. The lowest BCUT2D eigenvalue weighted by Gasteiger charge is -2.57. The molecule has 0 aliphatic heterocycles. The van der Waals surface area contributed by atoms with E-state index in [1.54, 1.807) is 6.07 Å². The minimum atomic E-state index is -0.917. The summed E-state index contributed by atoms with van der Waals surface area (Å²) in [5, 5.41) is 20.5. The Labute approximate surface area is 172 Å². The van der Waals surface area contributed by atoms with Gasteiger partial charge in [0.25, 0.3) is 0 Å². The Morgan fingerprint density at radius 2 is 1.69 bits per heavy atom. The number of allylic oxidation sites excluding steroid dienone is 1. The molecule has 0 amide bonds. The van der Waals surface area contributed by atoms with E-state index in [1.807, 2.05) is 43.3 Å². The van der Waals surface area contributed by atoms with Gasteiger partial charge in [-0.1, -0.05) is 30.4 Å². The van der Waals surface area contributed by atoms with Gasteiger partial charge in [0.1, 0.15) is 5.75 Å². The maximum Gasteiger partial charge on any atom is 0.336 e. The van der Waals surface area contributed by atoms with Crippen molar-refractivity contribution in [3.05, 3.63) is 59.2 Å². The minimum absolute atomic E-state index is 0.0972. The summed E-state index contributed by atoms with van der Waals surface area (Å²) in [7, 11) is 0. The van der Waals surface area contributed by atoms with Crippen LogP contribution in [-0.2, 0) is 5.41 Å². The molecule has 3 heteroatoms. The molecule has 2 aromatic rings. The van der Waals surface area contributed by atoms with Crippen LogP contribution in [0.2, 0.25) is 0 Å². The maximum absolute atomic E-state index is 11.8. The molecule has 2 aromatic carbocycles. The third kappa shape index (κ3) is 2.99. The van der Waals surface area contributed by atoms with Crippen LogP contribution in [0, 0.1) is 17.8 Å². The van der Waals surface area contributed by atoms with Gasteiger partial charge >= 0.3 is 5.97 Å². The first kappa shape index (κ1) is 18.5. The van der Waals surface area contributed by atoms with E-state index >= 15 is 0 Å². The van der Waals surface area contributed by atoms with Gasteiger partial charge in [0.2, 0.25) is 0 Å². The molecule has 0 saturated heterocycles. The van der Waals surface area contributed by atoms with Crippen molar-refractivity contribution in [2.75, 3.05) is 0 Å². The lowest BCUT2D eigenvalue weighted by molar-refractivity contribution is -0.00611. The molecule has 4 saturated carbocycles. The molecule has 4 aliphatic carbocycles. The van der Waals surface area contributed by atoms with Crippen LogP contribution >= 0.6 is 0 Å². The molecule has 29 heavy (non-hydrogen) atoms. The van der Waals surface area contributed by atoms with Crippen molar-refractivity contribution in [3.8, 4) is 16.9 Å². The maximum atomic E-state index is 11.8. The highest BCUT2D eigenvalue weighted by molar-refractivity contribution is 5.96. The molecule has 0 spiro atoms. The normalized spacial score (nSPS) is 30.2. The number of carbonyl (C=O) groups is 1. The highest BCUT2D eigenvalue weighted by Crippen LogP contribution is 2.62. The Hall–Kier alpha value is -2.55. The van der Waals surface area contributed by atoms with Gasteiger partial charge in [-0.3, -0.25) is 0 Å². The van der Waals surface area contributed by atoms with Crippen molar-refractivity contribution in [3.63, 3.8) is 0 Å². The van der Waals surface area contributed by atoms with Crippen molar-refractivity contribution in [2.24, 2.45) is 17.8 Å². The van der Waals surface area contributed by atoms with Gasteiger partial charge in [0, 0.05) is 5.56 Å². The predicted molar refractivity (Wildman–Crippen MR) is 115 cm³/mol. The van der Waals surface area contributed by atoms with Crippen molar-refractivity contribution in [1.82, 2.24) is 0 Å². The van der Waals surface area contributed by atoms with Gasteiger partial charge in [-0.25, -0.2) is 4.79 Å². The van der Waals surface area contributed by atoms with Crippen molar-refractivity contribution >= 4 is 12.0 Å². The molecule has 0 heterocycles. The molecule has 4 fully saturated rings. The molecule has 4 bridgehead atoms. The van der Waals surface area contributed by atoms with Gasteiger partial charge in [-0.05, 0) is 104 Å². The van der Waals surface area contributed by atoms with Gasteiger partial charge in [0.15, 0.2) is 0 Å². The van der Waals surface area contributed by atoms with Gasteiger partial charge in [-0.2, -0.15) is 0 Å². The SMILES string of the molecule is CC=Cc1c(C(=O)O)cccc1-c1ccc(O)c(C23CC4CC(CC(C4)C2)C3)c1. The van der Waals surface area contributed by atoms with Gasteiger partial charge in [0.05, 0.1) is 5.56 Å². The van der Waals surface area contributed by atoms with E-state index in [0.29, 0.717) is 11.3 Å². The summed E-state index contributed by atoms with van der Waals surface area (Å²) in [5.74, 6) is 1.90. The summed E-state index contributed by atoms with van der Waals surface area (Å²) < 4.78 is 0. The van der Waals surface area contributed by atoms with Crippen LogP contribution in [0.5, 0.6) is 5.75 Å². The molecule has 0 aromatic heterocycles. The average Bonchev–Trinajstić information content (AvgIpc) is 2.67. The Morgan fingerprint density at radius 3 is 2.28 bits per heavy atom. The number of hydrogen-bond donors (Lipinski definition) is 2. The Balaban J connectivity index is 1.63. The summed E-state index contributed by atoms with van der Waals surface area (Å²) in [5.41, 5.74) is 4.12. The quantitative estimate of drug-likeness (QED) is 0.650. The number of phenols is 1. The number of carboxylic acid groups (broad SMARTS) is 1. The van der Waals surface area contributed by atoms with Crippen molar-refractivity contribution in [1.29, 1.82) is 0 Å². The second kappa shape index (κ2) is 6.76. The topological polar surface area (TPSA) is 57.5 Å². The van der Waals surface area contributed by atoms with E-state index in [4.69, 9.17) is 0 Å². The predicted octanol–water partition coefficient (Wildman–Crippen LogP) is 6.26. The van der Waals surface area contributed by atoms with Gasteiger partial charge in [-0.15, -0.1) is 0 Å². The van der Waals surface area contributed by atoms with Crippen LogP contribution in [0.3, 0.4) is 0 Å². The van der Waals surface area contributed by atoms with Crippen LogP contribution in [0.1, 0.15) is 66.9 Å². The third-order valence-electron chi connectivity index (χ3n) is 7.59. The zero-order chi connectivity index (χ0) is 20.2. The summed E-state index contributed by atoms with van der Waals surface area (Å²) in [4.78, 5) is 11.8. The molecule has 0 atom stereocenters. The Bertz CT molecular complexity index is 966. The van der Waals surface area contributed by atoms with Gasteiger partial charge < -0.3 is 10.2 Å². The molecule has 3 nitrogen and oxygen atoms in total. The first-order valence-electron chi connectivity index (χ1n) is 10.8. The molecular formula is C26H28O3. The van der Waals surface area contributed by atoms with E-state index in [0.717, 1.165) is 40.0 Å². The van der Waals surface area contributed by atoms with Crippen LogP contribution < -0.4 is 0 Å². The molecule has 6 rings (SSSR count). The standard InChI is InChI=1S/C26H28O3/c1-2-4-21-20(5-3-6-22(21)25(28)29)19-7-8-24(27)23(12-19)26-13-16-9-17(14-26)11-18(10-16)15-26/h2-8,12,16-18,27H,9-11,13-15H2,1H3,(H,28,29). The largest absolute Gasteiger partial charge is 0.508 e. The number of benzene rings is 2. The fourth-order valence-electron chi connectivity index (χ4n) is 6.92. The second-order valence-corrected chi connectivity index (χ2v) is 9.50. The first-order chi connectivity index (χ1) is 14.0. The summed E-state index contributed by atoms with van der Waals surface area (Å²) >= 11 is 0. The van der Waals surface area contributed by atoms with E-state index in [2.05, 4.69) is 6.07 Å². The summed E-state index contributed by atoms with van der Waals surface area (Å²) in [6, 6.07) is 11.3. The number of hydrogen-bond acceptors (Lipinski definition) is 2. The minimum Gasteiger partial charge on any atom is -0.508 e. The number of aromatic carboxylic acids is 1. The average molecular weight is 389 g/mol. The lowest BCUT2D eigenvalue weighted by atomic mass is 9.48. The fourth-order valence-corrected chi connectivity index (χ4v) is 6.92. The summed E-state index contributed by atoms with van der Waals surface area (Å²) in [6.07, 6.45) is 11.4. The van der Waals surface area contributed by atoms with Crippen LogP contribution in [0.25, 0.3) is 17.2 Å². The monoisotopic (exact) mass is 388 g/mol. The second-order valence-electron chi connectivity index (χ2n) is 9.50. The summed E-state index contributed by atoms with van der Waals surface area (Å²) in [6.45, 7) is 1.90.